The molecule has 1 atom stereocenters. The summed E-state index contributed by atoms with van der Waals surface area (Å²) in [7, 11) is -0.601. The van der Waals surface area contributed by atoms with Crippen LogP contribution in [0.4, 0.5) is 8.78 Å². The van der Waals surface area contributed by atoms with Crippen LogP contribution in [0.3, 0.4) is 0 Å². The van der Waals surface area contributed by atoms with Crippen LogP contribution in [-0.4, -0.2) is 46.7 Å². The standard InChI is InChI=1S/C15H21F2O8P/c1-19-26(18,20-2)9-3-7-21-11-4-5-12(15(17)14(11)16)22-8-6-13-23-10-24-25-13/h4-5,13H,3,6-10H2,1-2H3. The molecule has 0 spiro atoms. The minimum Gasteiger partial charge on any atom is -0.490 e. The van der Waals surface area contributed by atoms with E-state index < -0.39 is 25.5 Å². The van der Waals surface area contributed by atoms with E-state index in [1.165, 1.54) is 26.4 Å². The lowest BCUT2D eigenvalue weighted by Gasteiger charge is -2.14. The van der Waals surface area contributed by atoms with Crippen molar-refractivity contribution >= 4 is 7.60 Å². The van der Waals surface area contributed by atoms with Crippen LogP contribution in [0, 0.1) is 11.6 Å². The van der Waals surface area contributed by atoms with Crippen molar-refractivity contribution in [2.24, 2.45) is 0 Å². The number of halogens is 2. The Bertz CT molecular complexity index is 616. The van der Waals surface area contributed by atoms with Gasteiger partial charge in [0.05, 0.1) is 19.4 Å². The average molecular weight is 398 g/mol. The molecule has 0 aliphatic carbocycles. The fraction of sp³-hybridized carbons (Fsp3) is 0.600. The van der Waals surface area contributed by atoms with E-state index in [9.17, 15) is 13.3 Å². The van der Waals surface area contributed by atoms with Gasteiger partial charge in [-0.2, -0.15) is 8.78 Å². The molecule has 1 saturated heterocycles. The molecule has 0 bridgehead atoms. The molecule has 1 fully saturated rings. The van der Waals surface area contributed by atoms with E-state index >= 15 is 0 Å². The average Bonchev–Trinajstić information content (AvgIpc) is 3.17. The van der Waals surface area contributed by atoms with Crippen molar-refractivity contribution < 1.29 is 46.4 Å². The summed E-state index contributed by atoms with van der Waals surface area (Å²) < 4.78 is 64.8. The molecule has 1 aromatic carbocycles. The first kappa shape index (κ1) is 21.0. The largest absolute Gasteiger partial charge is 0.490 e. The molecule has 0 amide bonds. The summed E-state index contributed by atoms with van der Waals surface area (Å²) >= 11 is 0. The van der Waals surface area contributed by atoms with Crippen LogP contribution in [0.25, 0.3) is 0 Å². The maximum atomic E-state index is 14.0. The zero-order valence-electron chi connectivity index (χ0n) is 14.4. The second-order valence-electron chi connectivity index (χ2n) is 5.16. The van der Waals surface area contributed by atoms with Gasteiger partial charge in [-0.05, 0) is 18.6 Å². The Morgan fingerprint density at radius 3 is 2.27 bits per heavy atom. The fourth-order valence-electron chi connectivity index (χ4n) is 2.07. The van der Waals surface area contributed by atoms with E-state index in [1.54, 1.807) is 0 Å². The van der Waals surface area contributed by atoms with Crippen LogP contribution in [0.15, 0.2) is 12.1 Å². The lowest BCUT2D eigenvalue weighted by molar-refractivity contribution is -0.278. The topological polar surface area (TPSA) is 81.7 Å². The van der Waals surface area contributed by atoms with Gasteiger partial charge in [0.15, 0.2) is 24.6 Å². The molecule has 8 nitrogen and oxygen atoms in total. The Balaban J connectivity index is 1.81. The lowest BCUT2D eigenvalue weighted by atomic mass is 10.3. The summed E-state index contributed by atoms with van der Waals surface area (Å²) in [5.74, 6) is -2.85. The predicted octanol–water partition coefficient (Wildman–Crippen LogP) is 3.25. The number of hydrogen-bond acceptors (Lipinski definition) is 8. The van der Waals surface area contributed by atoms with Crippen LogP contribution in [-0.2, 0) is 28.1 Å². The van der Waals surface area contributed by atoms with Crippen molar-refractivity contribution in [1.29, 1.82) is 0 Å². The number of hydrogen-bond donors (Lipinski definition) is 0. The minimum atomic E-state index is -3.15. The Hall–Kier alpha value is -1.29. The molecule has 148 valence electrons. The zero-order valence-corrected chi connectivity index (χ0v) is 15.3. The highest BCUT2D eigenvalue weighted by atomic mass is 31.2. The SMILES string of the molecule is COP(=O)(CCCOc1ccc(OCCC2OCOO2)c(F)c1F)OC. The third-order valence-electron chi connectivity index (χ3n) is 3.49. The molecule has 26 heavy (non-hydrogen) atoms. The van der Waals surface area contributed by atoms with E-state index in [4.69, 9.17) is 28.1 Å². The van der Waals surface area contributed by atoms with Gasteiger partial charge in [-0.3, -0.25) is 4.57 Å². The first-order valence-corrected chi connectivity index (χ1v) is 9.56. The van der Waals surface area contributed by atoms with Crippen molar-refractivity contribution in [1.82, 2.24) is 0 Å². The van der Waals surface area contributed by atoms with Gasteiger partial charge in [0.1, 0.15) is 0 Å². The van der Waals surface area contributed by atoms with E-state index in [2.05, 4.69) is 4.89 Å². The van der Waals surface area contributed by atoms with E-state index in [0.717, 1.165) is 0 Å². The molecule has 1 heterocycles. The van der Waals surface area contributed by atoms with E-state index in [0.29, 0.717) is 6.42 Å². The molecular formula is C15H21F2O8P. The summed E-state index contributed by atoms with van der Waals surface area (Å²) in [4.78, 5) is 9.27. The summed E-state index contributed by atoms with van der Waals surface area (Å²) in [5.41, 5.74) is 0. The Labute approximate surface area is 149 Å². The number of rotatable bonds is 11. The van der Waals surface area contributed by atoms with Gasteiger partial charge < -0.3 is 23.3 Å². The van der Waals surface area contributed by atoms with Gasteiger partial charge in [0.2, 0.25) is 11.6 Å². The monoisotopic (exact) mass is 398 g/mol. The maximum Gasteiger partial charge on any atom is 0.330 e. The molecule has 1 aliphatic rings. The van der Waals surface area contributed by atoms with E-state index in [1.807, 2.05) is 0 Å². The highest BCUT2D eigenvalue weighted by Gasteiger charge is 2.21. The van der Waals surface area contributed by atoms with Crippen molar-refractivity contribution in [2.45, 2.75) is 19.1 Å². The highest BCUT2D eigenvalue weighted by Crippen LogP contribution is 2.46. The van der Waals surface area contributed by atoms with Crippen LogP contribution in [0.5, 0.6) is 11.5 Å². The molecule has 0 N–H and O–H groups in total. The Morgan fingerprint density at radius 1 is 1.12 bits per heavy atom. The van der Waals surface area contributed by atoms with Crippen LogP contribution in [0.2, 0.25) is 0 Å². The third kappa shape index (κ3) is 5.87. The van der Waals surface area contributed by atoms with Gasteiger partial charge in [0, 0.05) is 20.6 Å². The fourth-order valence-corrected chi connectivity index (χ4v) is 3.10. The lowest BCUT2D eigenvalue weighted by Crippen LogP contribution is -2.13. The summed E-state index contributed by atoms with van der Waals surface area (Å²) in [6.45, 7) is 0.0848. The summed E-state index contributed by atoms with van der Waals surface area (Å²) in [5, 5.41) is 0. The van der Waals surface area contributed by atoms with Gasteiger partial charge in [0.25, 0.3) is 0 Å². The van der Waals surface area contributed by atoms with Crippen molar-refractivity contribution in [2.75, 3.05) is 40.4 Å². The molecule has 0 radical (unpaired) electrons. The molecule has 2 rings (SSSR count). The van der Waals surface area contributed by atoms with Crippen LogP contribution >= 0.6 is 7.60 Å². The van der Waals surface area contributed by atoms with Crippen molar-refractivity contribution in [3.63, 3.8) is 0 Å². The first-order valence-electron chi connectivity index (χ1n) is 7.83. The molecule has 0 saturated carbocycles. The predicted molar refractivity (Wildman–Crippen MR) is 85.0 cm³/mol. The smallest absolute Gasteiger partial charge is 0.330 e. The minimum absolute atomic E-state index is 0.0175. The molecule has 0 aromatic heterocycles. The van der Waals surface area contributed by atoms with E-state index in [-0.39, 0.29) is 44.1 Å². The second-order valence-corrected chi connectivity index (χ2v) is 7.56. The van der Waals surface area contributed by atoms with Crippen LogP contribution < -0.4 is 9.47 Å². The zero-order chi connectivity index (χ0) is 19.0. The molecule has 11 heteroatoms. The van der Waals surface area contributed by atoms with Crippen molar-refractivity contribution in [3.8, 4) is 11.5 Å². The normalized spacial score (nSPS) is 17.5. The van der Waals surface area contributed by atoms with Gasteiger partial charge >= 0.3 is 7.60 Å². The summed E-state index contributed by atoms with van der Waals surface area (Å²) in [6.07, 6.45) is 0.0705. The Morgan fingerprint density at radius 2 is 1.73 bits per heavy atom. The van der Waals surface area contributed by atoms with Crippen molar-refractivity contribution in [3.05, 3.63) is 23.8 Å². The third-order valence-corrected chi connectivity index (χ3v) is 5.47. The van der Waals surface area contributed by atoms with Gasteiger partial charge in [-0.1, -0.05) is 0 Å². The van der Waals surface area contributed by atoms with Gasteiger partial charge in [-0.25, -0.2) is 9.78 Å². The highest BCUT2D eigenvalue weighted by molar-refractivity contribution is 7.53. The molecular weight excluding hydrogens is 377 g/mol. The Kier molecular flexibility index (Phi) is 8.20. The molecule has 1 aromatic rings. The number of ether oxygens (including phenoxy) is 3. The van der Waals surface area contributed by atoms with Gasteiger partial charge in [-0.15, -0.1) is 0 Å². The molecule has 1 unspecified atom stereocenters. The second kappa shape index (κ2) is 10.1. The maximum absolute atomic E-state index is 14.0. The summed E-state index contributed by atoms with van der Waals surface area (Å²) in [6, 6.07) is 2.52. The molecule has 1 aliphatic heterocycles. The number of benzene rings is 1. The quantitative estimate of drug-likeness (QED) is 0.319. The van der Waals surface area contributed by atoms with Crippen LogP contribution in [0.1, 0.15) is 12.8 Å². The first-order chi connectivity index (χ1) is 12.5.